The summed E-state index contributed by atoms with van der Waals surface area (Å²) in [6.07, 6.45) is 0. The summed E-state index contributed by atoms with van der Waals surface area (Å²) in [5, 5.41) is 4.40. The van der Waals surface area contributed by atoms with Gasteiger partial charge in [0.25, 0.3) is 0 Å². The lowest BCUT2D eigenvalue weighted by Crippen LogP contribution is -2.25. The zero-order chi connectivity index (χ0) is 14.7. The fourth-order valence-electron chi connectivity index (χ4n) is 1.71. The number of rotatable bonds is 4. The molecule has 0 fully saturated rings. The molecule has 7 heteroatoms. The molecular formula is C13H15N3O3S. The molecule has 0 aliphatic heterocycles. The quantitative estimate of drug-likeness (QED) is 0.835. The lowest BCUT2D eigenvalue weighted by Gasteiger charge is -2.10. The van der Waals surface area contributed by atoms with E-state index >= 15 is 0 Å². The number of methoxy groups -OCH3 is 1. The van der Waals surface area contributed by atoms with Crippen LogP contribution in [0, 0.1) is 6.92 Å². The number of nitrogens with two attached hydrogens (primary N) is 1. The summed E-state index contributed by atoms with van der Waals surface area (Å²) in [4.78, 5) is 23.3. The number of carbonyl (C=O) groups is 1. The Morgan fingerprint density at radius 2 is 2.25 bits per heavy atom. The van der Waals surface area contributed by atoms with Crippen LogP contribution in [0.15, 0.2) is 28.4 Å². The molecule has 0 saturated heterocycles. The Bertz CT molecular complexity index is 690. The van der Waals surface area contributed by atoms with Crippen LogP contribution in [-0.4, -0.2) is 17.6 Å². The van der Waals surface area contributed by atoms with Gasteiger partial charge in [-0.25, -0.2) is 0 Å². The Morgan fingerprint density at radius 1 is 1.50 bits per heavy atom. The van der Waals surface area contributed by atoms with Crippen LogP contribution in [-0.2, 0) is 11.3 Å². The van der Waals surface area contributed by atoms with Crippen LogP contribution < -0.4 is 20.7 Å². The first-order valence-corrected chi connectivity index (χ1v) is 6.77. The Morgan fingerprint density at radius 3 is 2.80 bits per heavy atom. The van der Waals surface area contributed by atoms with E-state index in [0.29, 0.717) is 17.1 Å². The van der Waals surface area contributed by atoms with Gasteiger partial charge in [-0.2, -0.15) is 0 Å². The molecule has 0 spiro atoms. The number of aryl methyl sites for hydroxylation is 1. The van der Waals surface area contributed by atoms with E-state index in [4.69, 9.17) is 10.5 Å². The van der Waals surface area contributed by atoms with E-state index in [-0.39, 0.29) is 17.3 Å². The molecule has 1 heterocycles. The van der Waals surface area contributed by atoms with Crippen molar-refractivity contribution in [1.82, 2.24) is 4.57 Å². The second-order valence-electron chi connectivity index (χ2n) is 4.23. The zero-order valence-electron chi connectivity index (χ0n) is 11.2. The molecule has 1 aromatic heterocycles. The number of benzene rings is 1. The van der Waals surface area contributed by atoms with Crippen LogP contribution in [0.2, 0.25) is 0 Å². The lowest BCUT2D eigenvalue weighted by atomic mass is 10.2. The number of hydrogen-bond acceptors (Lipinski definition) is 5. The largest absolute Gasteiger partial charge is 0.497 e. The number of hydrogen-bond donors (Lipinski definition) is 2. The monoisotopic (exact) mass is 293 g/mol. The summed E-state index contributed by atoms with van der Waals surface area (Å²) in [5.41, 5.74) is 7.49. The van der Waals surface area contributed by atoms with Crippen molar-refractivity contribution in [3.63, 3.8) is 0 Å². The molecule has 1 amide bonds. The van der Waals surface area contributed by atoms with E-state index in [1.807, 2.05) is 0 Å². The number of nitrogen functional groups attached to an aromatic ring is 1. The highest BCUT2D eigenvalue weighted by atomic mass is 32.1. The normalized spacial score (nSPS) is 10.3. The molecular weight excluding hydrogens is 278 g/mol. The minimum Gasteiger partial charge on any atom is -0.497 e. The van der Waals surface area contributed by atoms with E-state index in [9.17, 15) is 9.59 Å². The van der Waals surface area contributed by atoms with E-state index in [2.05, 4.69) is 5.32 Å². The first kappa shape index (κ1) is 14.1. The van der Waals surface area contributed by atoms with Gasteiger partial charge in [-0.15, -0.1) is 0 Å². The molecule has 20 heavy (non-hydrogen) atoms. The summed E-state index contributed by atoms with van der Waals surface area (Å²) in [6.45, 7) is 1.76. The van der Waals surface area contributed by atoms with Crippen LogP contribution in [0.3, 0.4) is 0 Å². The van der Waals surface area contributed by atoms with E-state index in [1.165, 1.54) is 4.57 Å². The van der Waals surface area contributed by atoms with Gasteiger partial charge in [-0.1, -0.05) is 11.3 Å². The van der Waals surface area contributed by atoms with Crippen molar-refractivity contribution in [1.29, 1.82) is 0 Å². The lowest BCUT2D eigenvalue weighted by molar-refractivity contribution is -0.116. The third kappa shape index (κ3) is 3.00. The maximum atomic E-state index is 11.9. The number of amides is 1. The number of carbonyl (C=O) groups excluding carboxylic acids is 1. The maximum Gasteiger partial charge on any atom is 0.307 e. The molecule has 1 aromatic carbocycles. The Hall–Kier alpha value is -2.28. The SMILES string of the molecule is COc1ccc(NC(=O)Cn2c(C)csc2=O)c(N)c1. The number of ether oxygens (including phenoxy) is 1. The maximum absolute atomic E-state index is 11.9. The van der Waals surface area contributed by atoms with Gasteiger partial charge < -0.3 is 15.8 Å². The minimum atomic E-state index is -0.300. The number of nitrogens with one attached hydrogen (secondary N) is 1. The molecule has 0 aliphatic rings. The van der Waals surface area contributed by atoms with Crippen molar-refractivity contribution in [3.8, 4) is 5.75 Å². The van der Waals surface area contributed by atoms with Crippen LogP contribution in [0.1, 0.15) is 5.69 Å². The van der Waals surface area contributed by atoms with Gasteiger partial charge in [-0.05, 0) is 19.1 Å². The smallest absolute Gasteiger partial charge is 0.307 e. The molecule has 6 nitrogen and oxygen atoms in total. The Balaban J connectivity index is 2.11. The summed E-state index contributed by atoms with van der Waals surface area (Å²) in [7, 11) is 1.54. The van der Waals surface area contributed by atoms with Gasteiger partial charge in [0, 0.05) is 17.1 Å². The van der Waals surface area contributed by atoms with Crippen molar-refractivity contribution in [2.75, 3.05) is 18.2 Å². The summed E-state index contributed by atoms with van der Waals surface area (Å²) in [6, 6.07) is 4.99. The molecule has 106 valence electrons. The molecule has 0 radical (unpaired) electrons. The van der Waals surface area contributed by atoms with Crippen molar-refractivity contribution < 1.29 is 9.53 Å². The average Bonchev–Trinajstić information content (AvgIpc) is 2.73. The van der Waals surface area contributed by atoms with Gasteiger partial charge in [0.15, 0.2) is 0 Å². The minimum absolute atomic E-state index is 0.0281. The fourth-order valence-corrected chi connectivity index (χ4v) is 2.45. The topological polar surface area (TPSA) is 86.3 Å². The van der Waals surface area contributed by atoms with Crippen LogP contribution in [0.25, 0.3) is 0 Å². The van der Waals surface area contributed by atoms with E-state index in [0.717, 1.165) is 17.0 Å². The Labute approximate surface area is 119 Å². The second kappa shape index (κ2) is 5.79. The van der Waals surface area contributed by atoms with Crippen LogP contribution in [0.5, 0.6) is 5.75 Å². The highest BCUT2D eigenvalue weighted by Crippen LogP contribution is 2.23. The van der Waals surface area contributed by atoms with Gasteiger partial charge in [0.2, 0.25) is 5.91 Å². The highest BCUT2D eigenvalue weighted by Gasteiger charge is 2.10. The van der Waals surface area contributed by atoms with Crippen molar-refractivity contribution >= 4 is 28.6 Å². The molecule has 0 unspecified atom stereocenters. The van der Waals surface area contributed by atoms with E-state index < -0.39 is 0 Å². The molecule has 2 rings (SSSR count). The van der Waals surface area contributed by atoms with Gasteiger partial charge in [0.05, 0.1) is 18.5 Å². The summed E-state index contributed by atoms with van der Waals surface area (Å²) in [5.74, 6) is 0.316. The van der Waals surface area contributed by atoms with Crippen molar-refractivity contribution in [3.05, 3.63) is 38.9 Å². The number of nitrogens with zero attached hydrogens (tertiary/aromatic N) is 1. The van der Waals surface area contributed by atoms with Gasteiger partial charge >= 0.3 is 4.87 Å². The molecule has 0 saturated carbocycles. The predicted molar refractivity (Wildman–Crippen MR) is 79.4 cm³/mol. The standard InChI is InChI=1S/C13H15N3O3S/c1-8-7-20-13(18)16(8)6-12(17)15-11-4-3-9(19-2)5-10(11)14/h3-5,7H,6,14H2,1-2H3,(H,15,17). The van der Waals surface area contributed by atoms with Crippen molar-refractivity contribution in [2.24, 2.45) is 0 Å². The zero-order valence-corrected chi connectivity index (χ0v) is 12.0. The number of thiazole rings is 1. The summed E-state index contributed by atoms with van der Waals surface area (Å²) < 4.78 is 6.45. The highest BCUT2D eigenvalue weighted by molar-refractivity contribution is 7.07. The second-order valence-corrected chi connectivity index (χ2v) is 5.05. The molecule has 3 N–H and O–H groups in total. The van der Waals surface area contributed by atoms with Crippen molar-refractivity contribution in [2.45, 2.75) is 13.5 Å². The predicted octanol–water partition coefficient (Wildman–Crippen LogP) is 1.45. The fraction of sp³-hybridized carbons (Fsp3) is 0.231. The van der Waals surface area contributed by atoms with Crippen LogP contribution in [0.4, 0.5) is 11.4 Å². The molecule has 0 bridgehead atoms. The third-order valence-electron chi connectivity index (χ3n) is 2.81. The molecule has 2 aromatic rings. The average molecular weight is 293 g/mol. The Kier molecular flexibility index (Phi) is 4.09. The first-order chi connectivity index (χ1) is 9.51. The van der Waals surface area contributed by atoms with Gasteiger partial charge in [-0.3, -0.25) is 14.2 Å². The van der Waals surface area contributed by atoms with E-state index in [1.54, 1.807) is 37.6 Å². The number of aromatic nitrogens is 1. The molecule has 0 aliphatic carbocycles. The first-order valence-electron chi connectivity index (χ1n) is 5.89. The van der Waals surface area contributed by atoms with Crippen LogP contribution >= 0.6 is 11.3 Å². The third-order valence-corrected chi connectivity index (χ3v) is 3.69. The summed E-state index contributed by atoms with van der Waals surface area (Å²) >= 11 is 1.07. The molecule has 0 atom stereocenters. The number of anilines is 2. The van der Waals surface area contributed by atoms with Gasteiger partial charge in [0.1, 0.15) is 12.3 Å².